The van der Waals surface area contributed by atoms with Gasteiger partial charge in [-0.05, 0) is 58.2 Å². The zero-order valence-corrected chi connectivity index (χ0v) is 15.0. The van der Waals surface area contributed by atoms with Crippen LogP contribution in [0.5, 0.6) is 0 Å². The third-order valence-electron chi connectivity index (χ3n) is 4.65. The van der Waals surface area contributed by atoms with Crippen LogP contribution in [0.25, 0.3) is 10.2 Å². The average Bonchev–Trinajstić information content (AvgIpc) is 3.01. The smallest absolute Gasteiger partial charge is 0.338 e. The predicted octanol–water partition coefficient (Wildman–Crippen LogP) is 3.63. The van der Waals surface area contributed by atoms with E-state index >= 15 is 0 Å². The summed E-state index contributed by atoms with van der Waals surface area (Å²) >= 11 is 1.47. The summed E-state index contributed by atoms with van der Waals surface area (Å²) in [5.41, 5.74) is 3.05. The van der Waals surface area contributed by atoms with Crippen LogP contribution in [-0.4, -0.2) is 39.9 Å². The number of ether oxygens (including phenoxy) is 1. The molecule has 0 radical (unpaired) electrons. The van der Waals surface area contributed by atoms with Crippen LogP contribution < -0.4 is 0 Å². The number of hydrogen-bond acceptors (Lipinski definition) is 5. The SMILES string of the molecule is C[C@H](OC(=O)c1ccc2ncsc2c1)C(=O)N1[C@H](C)CCC[C@H]1C. The molecule has 1 amide bonds. The number of aromatic nitrogens is 1. The van der Waals surface area contributed by atoms with Gasteiger partial charge in [0.15, 0.2) is 6.10 Å². The minimum Gasteiger partial charge on any atom is -0.449 e. The molecule has 1 aromatic heterocycles. The molecule has 1 aliphatic heterocycles. The summed E-state index contributed by atoms with van der Waals surface area (Å²) in [5, 5.41) is 0. The average molecular weight is 346 g/mol. The lowest BCUT2D eigenvalue weighted by Gasteiger charge is -2.40. The van der Waals surface area contributed by atoms with Crippen LogP contribution >= 0.6 is 11.3 Å². The van der Waals surface area contributed by atoms with E-state index in [4.69, 9.17) is 4.74 Å². The van der Waals surface area contributed by atoms with Crippen LogP contribution in [-0.2, 0) is 9.53 Å². The van der Waals surface area contributed by atoms with Crippen molar-refractivity contribution in [1.29, 1.82) is 0 Å². The molecule has 128 valence electrons. The number of thiazole rings is 1. The van der Waals surface area contributed by atoms with Gasteiger partial charge in [-0.2, -0.15) is 0 Å². The summed E-state index contributed by atoms with van der Waals surface area (Å²) in [6, 6.07) is 5.63. The lowest BCUT2D eigenvalue weighted by atomic mass is 9.97. The molecule has 1 fully saturated rings. The number of esters is 1. The number of carbonyl (C=O) groups excluding carboxylic acids is 2. The van der Waals surface area contributed by atoms with Gasteiger partial charge in [-0.1, -0.05) is 0 Å². The zero-order valence-electron chi connectivity index (χ0n) is 14.2. The van der Waals surface area contributed by atoms with Gasteiger partial charge in [0.05, 0.1) is 21.3 Å². The normalized spacial score (nSPS) is 22.4. The Bertz CT molecular complexity index is 748. The summed E-state index contributed by atoms with van der Waals surface area (Å²) in [5.74, 6) is -0.578. The lowest BCUT2D eigenvalue weighted by molar-refractivity contribution is -0.146. The number of nitrogens with zero attached hydrogens (tertiary/aromatic N) is 2. The minimum absolute atomic E-state index is 0.109. The first-order valence-corrected chi connectivity index (χ1v) is 9.21. The van der Waals surface area contributed by atoms with Crippen LogP contribution in [0.2, 0.25) is 0 Å². The van der Waals surface area contributed by atoms with Crippen molar-refractivity contribution in [3.05, 3.63) is 29.3 Å². The molecule has 1 saturated heterocycles. The molecule has 0 saturated carbocycles. The Balaban J connectivity index is 1.69. The lowest BCUT2D eigenvalue weighted by Crippen LogP contribution is -2.51. The molecule has 0 aliphatic carbocycles. The van der Waals surface area contributed by atoms with E-state index in [-0.39, 0.29) is 18.0 Å². The monoisotopic (exact) mass is 346 g/mol. The van der Waals surface area contributed by atoms with E-state index in [1.807, 2.05) is 4.90 Å². The molecule has 0 N–H and O–H groups in total. The molecule has 1 aliphatic rings. The number of hydrogen-bond donors (Lipinski definition) is 0. The van der Waals surface area contributed by atoms with Crippen molar-refractivity contribution in [3.63, 3.8) is 0 Å². The molecule has 5 nitrogen and oxygen atoms in total. The van der Waals surface area contributed by atoms with Gasteiger partial charge in [-0.15, -0.1) is 11.3 Å². The van der Waals surface area contributed by atoms with E-state index in [1.165, 1.54) is 11.3 Å². The number of piperidine rings is 1. The van der Waals surface area contributed by atoms with E-state index in [1.54, 1.807) is 30.6 Å². The molecule has 3 atom stereocenters. The molecule has 24 heavy (non-hydrogen) atoms. The second kappa shape index (κ2) is 6.89. The summed E-state index contributed by atoms with van der Waals surface area (Å²) in [6.07, 6.45) is 2.35. The second-order valence-corrected chi connectivity index (χ2v) is 7.34. The first-order valence-electron chi connectivity index (χ1n) is 8.33. The first kappa shape index (κ1) is 16.9. The molecule has 0 spiro atoms. The van der Waals surface area contributed by atoms with Crippen molar-refractivity contribution in [1.82, 2.24) is 9.88 Å². The zero-order chi connectivity index (χ0) is 17.3. The maximum atomic E-state index is 12.7. The number of benzene rings is 1. The van der Waals surface area contributed by atoms with Gasteiger partial charge >= 0.3 is 5.97 Å². The van der Waals surface area contributed by atoms with Crippen molar-refractivity contribution in [2.45, 2.75) is 58.2 Å². The van der Waals surface area contributed by atoms with Gasteiger partial charge in [0.25, 0.3) is 5.91 Å². The number of amides is 1. The third-order valence-corrected chi connectivity index (χ3v) is 5.44. The summed E-state index contributed by atoms with van der Waals surface area (Å²) in [4.78, 5) is 31.1. The fourth-order valence-corrected chi connectivity index (χ4v) is 4.04. The highest BCUT2D eigenvalue weighted by Gasteiger charge is 2.33. The maximum Gasteiger partial charge on any atom is 0.338 e. The molecular weight excluding hydrogens is 324 g/mol. The van der Waals surface area contributed by atoms with E-state index in [9.17, 15) is 9.59 Å². The molecular formula is C18H22N2O3S. The molecule has 3 rings (SSSR count). The standard InChI is InChI=1S/C18H22N2O3S/c1-11-5-4-6-12(2)20(11)17(21)13(3)23-18(22)14-7-8-15-16(9-14)24-10-19-15/h7-13H,4-6H2,1-3H3/t11-,12-,13+/m1/s1. The minimum atomic E-state index is -0.780. The topological polar surface area (TPSA) is 59.5 Å². The molecule has 6 heteroatoms. The molecule has 0 unspecified atom stereocenters. The van der Waals surface area contributed by atoms with Crippen molar-refractivity contribution in [3.8, 4) is 0 Å². The Morgan fingerprint density at radius 1 is 1.29 bits per heavy atom. The molecule has 2 heterocycles. The van der Waals surface area contributed by atoms with Gasteiger partial charge in [-0.3, -0.25) is 4.79 Å². The number of likely N-dealkylation sites (tertiary alicyclic amines) is 1. The number of fused-ring (bicyclic) bond motifs is 1. The van der Waals surface area contributed by atoms with Crippen LogP contribution in [0.15, 0.2) is 23.7 Å². The van der Waals surface area contributed by atoms with E-state index in [2.05, 4.69) is 18.8 Å². The predicted molar refractivity (Wildman–Crippen MR) is 94.1 cm³/mol. The van der Waals surface area contributed by atoms with Crippen LogP contribution in [0, 0.1) is 0 Å². The van der Waals surface area contributed by atoms with E-state index < -0.39 is 12.1 Å². The van der Waals surface area contributed by atoms with Crippen LogP contribution in [0.1, 0.15) is 50.4 Å². The van der Waals surface area contributed by atoms with Crippen molar-refractivity contribution in [2.75, 3.05) is 0 Å². The fourth-order valence-electron chi connectivity index (χ4n) is 3.33. The highest BCUT2D eigenvalue weighted by atomic mass is 32.1. The van der Waals surface area contributed by atoms with Crippen LogP contribution in [0.3, 0.4) is 0 Å². The van der Waals surface area contributed by atoms with Crippen LogP contribution in [0.4, 0.5) is 0 Å². The van der Waals surface area contributed by atoms with Crippen molar-refractivity contribution < 1.29 is 14.3 Å². The maximum absolute atomic E-state index is 12.7. The highest BCUT2D eigenvalue weighted by Crippen LogP contribution is 2.24. The Labute approximate surface area is 145 Å². The molecule has 2 aromatic rings. The van der Waals surface area contributed by atoms with Gasteiger partial charge in [0.2, 0.25) is 0 Å². The highest BCUT2D eigenvalue weighted by molar-refractivity contribution is 7.16. The second-order valence-electron chi connectivity index (χ2n) is 6.46. The van der Waals surface area contributed by atoms with E-state index in [0.29, 0.717) is 5.56 Å². The van der Waals surface area contributed by atoms with Crippen molar-refractivity contribution in [2.24, 2.45) is 0 Å². The first-order chi connectivity index (χ1) is 11.5. The van der Waals surface area contributed by atoms with Gasteiger partial charge in [0.1, 0.15) is 0 Å². The van der Waals surface area contributed by atoms with Gasteiger partial charge in [0, 0.05) is 12.1 Å². The Morgan fingerprint density at radius 2 is 2.00 bits per heavy atom. The fraction of sp³-hybridized carbons (Fsp3) is 0.500. The van der Waals surface area contributed by atoms with Gasteiger partial charge in [-0.25, -0.2) is 9.78 Å². The summed E-state index contributed by atoms with van der Waals surface area (Å²) in [6.45, 7) is 5.76. The molecule has 1 aromatic carbocycles. The summed E-state index contributed by atoms with van der Waals surface area (Å²) < 4.78 is 6.36. The number of rotatable bonds is 3. The Morgan fingerprint density at radius 3 is 2.71 bits per heavy atom. The third kappa shape index (κ3) is 3.29. The quantitative estimate of drug-likeness (QED) is 0.796. The van der Waals surface area contributed by atoms with E-state index in [0.717, 1.165) is 29.5 Å². The van der Waals surface area contributed by atoms with Crippen molar-refractivity contribution >= 4 is 33.4 Å². The Kier molecular flexibility index (Phi) is 4.85. The molecule has 0 bridgehead atoms. The largest absolute Gasteiger partial charge is 0.449 e. The Hall–Kier alpha value is -1.95. The number of carbonyl (C=O) groups is 2. The van der Waals surface area contributed by atoms with Gasteiger partial charge < -0.3 is 9.64 Å². The summed E-state index contributed by atoms with van der Waals surface area (Å²) in [7, 11) is 0.